The van der Waals surface area contributed by atoms with Gasteiger partial charge in [-0.1, -0.05) is 11.6 Å². The molecule has 7 nitrogen and oxygen atoms in total. The standard InChI is InChI=1S/C20H13ClF3N3O3.CH5N/c21-18-6-3-13(10-17(18)20(22,23)24)27-19(29)26-12-1-4-15(5-2-12)30-16-7-8-25-14(9-16)11-28;1-2/h1-11H,(H2,26,27,29);2H2,1H3. The van der Waals surface area contributed by atoms with Crippen molar-refractivity contribution in [2.45, 2.75) is 6.18 Å². The topological polar surface area (TPSA) is 106 Å². The average molecular weight is 467 g/mol. The molecule has 11 heteroatoms. The number of nitrogens with two attached hydrogens (primary N) is 1. The summed E-state index contributed by atoms with van der Waals surface area (Å²) in [6.45, 7) is 0. The molecule has 3 rings (SSSR count). The van der Waals surface area contributed by atoms with Crippen molar-refractivity contribution in [2.24, 2.45) is 5.73 Å². The molecular weight excluding hydrogens is 449 g/mol. The number of nitrogens with zero attached hydrogens (tertiary/aromatic N) is 1. The predicted molar refractivity (Wildman–Crippen MR) is 115 cm³/mol. The first-order valence-corrected chi connectivity index (χ1v) is 9.34. The molecule has 32 heavy (non-hydrogen) atoms. The van der Waals surface area contributed by atoms with Crippen molar-refractivity contribution < 1.29 is 27.5 Å². The summed E-state index contributed by atoms with van der Waals surface area (Å²) in [4.78, 5) is 26.6. The van der Waals surface area contributed by atoms with E-state index in [2.05, 4.69) is 21.4 Å². The van der Waals surface area contributed by atoms with Gasteiger partial charge in [-0.2, -0.15) is 13.2 Å². The highest BCUT2D eigenvalue weighted by Gasteiger charge is 2.33. The maximum Gasteiger partial charge on any atom is 0.417 e. The number of carbonyl (C=O) groups is 2. The maximum atomic E-state index is 12.9. The number of carbonyl (C=O) groups excluding carboxylic acids is 2. The third kappa shape index (κ3) is 6.96. The fourth-order valence-corrected chi connectivity index (χ4v) is 2.64. The number of rotatable bonds is 5. The first-order valence-electron chi connectivity index (χ1n) is 8.96. The molecule has 0 unspecified atom stereocenters. The lowest BCUT2D eigenvalue weighted by Gasteiger charge is -2.12. The SMILES string of the molecule is CN.O=Cc1cc(Oc2ccc(NC(=O)Nc3ccc(Cl)c(C(F)(F)F)c3)cc2)ccn1. The molecule has 0 aliphatic carbocycles. The third-order valence-electron chi connectivity index (χ3n) is 3.75. The molecule has 0 spiro atoms. The molecular formula is C21H18ClF3N4O3. The van der Waals surface area contributed by atoms with E-state index in [-0.39, 0.29) is 11.4 Å². The number of urea groups is 1. The predicted octanol–water partition coefficient (Wildman–Crippen LogP) is 5.58. The number of hydrogen-bond donors (Lipinski definition) is 3. The minimum absolute atomic E-state index is 0.0622. The van der Waals surface area contributed by atoms with Crippen molar-refractivity contribution >= 4 is 35.3 Å². The lowest BCUT2D eigenvalue weighted by molar-refractivity contribution is -0.137. The van der Waals surface area contributed by atoms with Crippen LogP contribution in [0.5, 0.6) is 11.5 Å². The van der Waals surface area contributed by atoms with Crippen molar-refractivity contribution in [1.82, 2.24) is 4.98 Å². The summed E-state index contributed by atoms with van der Waals surface area (Å²) in [6, 6.07) is 11.6. The zero-order valence-electron chi connectivity index (χ0n) is 16.6. The van der Waals surface area contributed by atoms with Gasteiger partial charge in [-0.3, -0.25) is 9.78 Å². The van der Waals surface area contributed by atoms with Gasteiger partial charge in [0.1, 0.15) is 17.2 Å². The van der Waals surface area contributed by atoms with Crippen LogP contribution in [0.25, 0.3) is 0 Å². The largest absolute Gasteiger partial charge is 0.457 e. The zero-order chi connectivity index (χ0) is 23.7. The Morgan fingerprint density at radius 2 is 1.62 bits per heavy atom. The highest BCUT2D eigenvalue weighted by molar-refractivity contribution is 6.31. The van der Waals surface area contributed by atoms with E-state index < -0.39 is 22.8 Å². The molecule has 0 atom stereocenters. The van der Waals surface area contributed by atoms with Crippen molar-refractivity contribution in [3.63, 3.8) is 0 Å². The van der Waals surface area contributed by atoms with Gasteiger partial charge in [0.2, 0.25) is 0 Å². The second kappa shape index (κ2) is 11.1. The highest BCUT2D eigenvalue weighted by atomic mass is 35.5. The Bertz CT molecular complexity index is 1080. The first kappa shape index (κ1) is 24.6. The van der Waals surface area contributed by atoms with Crippen LogP contribution in [0.1, 0.15) is 16.1 Å². The summed E-state index contributed by atoms with van der Waals surface area (Å²) in [5.74, 6) is 0.852. The number of halogens is 4. The van der Waals surface area contributed by atoms with Crippen LogP contribution >= 0.6 is 11.6 Å². The van der Waals surface area contributed by atoms with Crippen LogP contribution in [0, 0.1) is 0 Å². The fourth-order valence-electron chi connectivity index (χ4n) is 2.41. The van der Waals surface area contributed by atoms with Gasteiger partial charge in [-0.25, -0.2) is 4.79 Å². The van der Waals surface area contributed by atoms with Crippen LogP contribution in [-0.2, 0) is 6.18 Å². The van der Waals surface area contributed by atoms with E-state index in [1.165, 1.54) is 25.4 Å². The number of pyridine rings is 1. The second-order valence-electron chi connectivity index (χ2n) is 5.93. The van der Waals surface area contributed by atoms with E-state index in [4.69, 9.17) is 16.3 Å². The number of anilines is 2. The third-order valence-corrected chi connectivity index (χ3v) is 4.08. The van der Waals surface area contributed by atoms with Crippen molar-refractivity contribution in [2.75, 3.05) is 17.7 Å². The number of aldehydes is 1. The summed E-state index contributed by atoms with van der Waals surface area (Å²) >= 11 is 5.56. The maximum absolute atomic E-state index is 12.9. The molecule has 2 aromatic carbocycles. The Morgan fingerprint density at radius 3 is 2.25 bits per heavy atom. The monoisotopic (exact) mass is 466 g/mol. The number of benzene rings is 2. The van der Waals surface area contributed by atoms with E-state index >= 15 is 0 Å². The van der Waals surface area contributed by atoms with E-state index in [1.54, 1.807) is 30.3 Å². The number of alkyl halides is 3. The summed E-state index contributed by atoms with van der Waals surface area (Å²) in [6.07, 6.45) is -2.61. The summed E-state index contributed by atoms with van der Waals surface area (Å²) in [7, 11) is 1.50. The molecule has 0 radical (unpaired) electrons. The normalized spacial score (nSPS) is 10.4. The Morgan fingerprint density at radius 1 is 1.00 bits per heavy atom. The lowest BCUT2D eigenvalue weighted by atomic mass is 10.2. The minimum atomic E-state index is -4.64. The smallest absolute Gasteiger partial charge is 0.417 e. The van der Waals surface area contributed by atoms with Crippen LogP contribution in [0.4, 0.5) is 29.3 Å². The quantitative estimate of drug-likeness (QED) is 0.426. The Labute approximate surface area is 186 Å². The zero-order valence-corrected chi connectivity index (χ0v) is 17.4. The summed E-state index contributed by atoms with van der Waals surface area (Å²) < 4.78 is 44.3. The number of nitrogens with one attached hydrogen (secondary N) is 2. The van der Waals surface area contributed by atoms with Crippen LogP contribution in [0.3, 0.4) is 0 Å². The van der Waals surface area contributed by atoms with Crippen molar-refractivity contribution in [1.29, 1.82) is 0 Å². The first-order chi connectivity index (χ1) is 15.2. The molecule has 0 fully saturated rings. The average Bonchev–Trinajstić information content (AvgIpc) is 2.77. The van der Waals surface area contributed by atoms with Gasteiger partial charge in [0.25, 0.3) is 0 Å². The molecule has 0 aliphatic heterocycles. The number of aromatic nitrogens is 1. The van der Waals surface area contributed by atoms with Gasteiger partial charge in [0, 0.05) is 23.6 Å². The number of amides is 2. The number of hydrogen-bond acceptors (Lipinski definition) is 5. The second-order valence-corrected chi connectivity index (χ2v) is 6.34. The number of ether oxygens (including phenoxy) is 1. The van der Waals surface area contributed by atoms with Crippen molar-refractivity contribution in [3.8, 4) is 11.5 Å². The van der Waals surface area contributed by atoms with Gasteiger partial charge in [-0.15, -0.1) is 0 Å². The lowest BCUT2D eigenvalue weighted by Crippen LogP contribution is -2.19. The van der Waals surface area contributed by atoms with Crippen LogP contribution in [0.15, 0.2) is 60.8 Å². The van der Waals surface area contributed by atoms with Crippen molar-refractivity contribution in [3.05, 3.63) is 77.1 Å². The highest BCUT2D eigenvalue weighted by Crippen LogP contribution is 2.36. The fraction of sp³-hybridized carbons (Fsp3) is 0.0952. The molecule has 0 aliphatic rings. The minimum Gasteiger partial charge on any atom is -0.457 e. The molecule has 1 aromatic heterocycles. The van der Waals surface area contributed by atoms with Gasteiger partial charge in [-0.05, 0) is 55.6 Å². The molecule has 168 valence electrons. The molecule has 3 aromatic rings. The molecule has 2 amide bonds. The van der Waals surface area contributed by atoms with E-state index in [0.717, 1.165) is 12.1 Å². The Balaban J connectivity index is 0.00000176. The van der Waals surface area contributed by atoms with Crippen LogP contribution in [-0.4, -0.2) is 24.3 Å². The summed E-state index contributed by atoms with van der Waals surface area (Å²) in [5, 5.41) is 4.35. The Hall–Kier alpha value is -3.63. The molecule has 0 saturated carbocycles. The Kier molecular flexibility index (Phi) is 8.56. The van der Waals surface area contributed by atoms with Gasteiger partial charge in [0.05, 0.1) is 10.6 Å². The van der Waals surface area contributed by atoms with Gasteiger partial charge < -0.3 is 21.1 Å². The van der Waals surface area contributed by atoms with E-state index in [1.807, 2.05) is 0 Å². The molecule has 0 saturated heterocycles. The van der Waals surface area contributed by atoms with E-state index in [0.29, 0.717) is 23.5 Å². The van der Waals surface area contributed by atoms with Gasteiger partial charge in [0.15, 0.2) is 6.29 Å². The molecule has 4 N–H and O–H groups in total. The summed E-state index contributed by atoms with van der Waals surface area (Å²) in [5.41, 5.74) is 4.00. The van der Waals surface area contributed by atoms with Crippen LogP contribution < -0.4 is 21.1 Å². The molecule has 0 bridgehead atoms. The van der Waals surface area contributed by atoms with Gasteiger partial charge >= 0.3 is 12.2 Å². The van der Waals surface area contributed by atoms with Crippen LogP contribution in [0.2, 0.25) is 5.02 Å². The van der Waals surface area contributed by atoms with E-state index in [9.17, 15) is 22.8 Å². The molecule has 1 heterocycles.